The summed E-state index contributed by atoms with van der Waals surface area (Å²) in [7, 11) is -2.19. The van der Waals surface area contributed by atoms with Crippen LogP contribution in [0, 0.1) is 5.92 Å². The van der Waals surface area contributed by atoms with Crippen molar-refractivity contribution in [1.29, 1.82) is 0 Å². The molecule has 194 valence electrons. The molecule has 1 aliphatic carbocycles. The normalized spacial score (nSPS) is 20.4. The van der Waals surface area contributed by atoms with Gasteiger partial charge in [-0.05, 0) is 66.6 Å². The van der Waals surface area contributed by atoms with E-state index in [9.17, 15) is 18.3 Å². The van der Waals surface area contributed by atoms with Crippen molar-refractivity contribution in [1.82, 2.24) is 4.31 Å². The van der Waals surface area contributed by atoms with Gasteiger partial charge >= 0.3 is 5.97 Å². The molecule has 1 N–H and O–H groups in total. The molecule has 8 heteroatoms. The molecule has 2 aliphatic rings. The van der Waals surface area contributed by atoms with E-state index in [-0.39, 0.29) is 10.9 Å². The van der Waals surface area contributed by atoms with Gasteiger partial charge in [-0.2, -0.15) is 4.31 Å². The number of likely N-dealkylation sites (N-methyl/N-ethyl adjacent to an activating group) is 1. The van der Waals surface area contributed by atoms with Crippen LogP contribution in [0.15, 0.2) is 71.6 Å². The number of anilines is 2. The molecule has 1 atom stereocenters. The lowest BCUT2D eigenvalue weighted by atomic mass is 9.92. The van der Waals surface area contributed by atoms with E-state index in [1.807, 2.05) is 59.5 Å². The van der Waals surface area contributed by atoms with Crippen LogP contribution in [0.2, 0.25) is 5.02 Å². The number of carboxylic acid groups (broad SMARTS) is 1. The topological polar surface area (TPSA) is 77.9 Å². The fourth-order valence-electron chi connectivity index (χ4n) is 5.31. The number of halogens is 1. The second kappa shape index (κ2) is 9.46. The zero-order valence-electron chi connectivity index (χ0n) is 21.2. The van der Waals surface area contributed by atoms with E-state index < -0.39 is 21.4 Å². The van der Waals surface area contributed by atoms with Gasteiger partial charge in [0.15, 0.2) is 0 Å². The van der Waals surface area contributed by atoms with Crippen molar-refractivity contribution in [2.75, 3.05) is 18.5 Å². The Morgan fingerprint density at radius 2 is 1.78 bits per heavy atom. The summed E-state index contributed by atoms with van der Waals surface area (Å²) in [5.41, 5.74) is 2.55. The van der Waals surface area contributed by atoms with E-state index >= 15 is 0 Å². The first-order valence-electron chi connectivity index (χ1n) is 12.5. The largest absolute Gasteiger partial charge is 0.481 e. The Labute approximate surface area is 223 Å². The highest BCUT2D eigenvalue weighted by atomic mass is 35.5. The van der Waals surface area contributed by atoms with Crippen molar-refractivity contribution < 1.29 is 18.3 Å². The Morgan fingerprint density at radius 1 is 1.08 bits per heavy atom. The monoisotopic (exact) mass is 538 g/mol. The van der Waals surface area contributed by atoms with Crippen molar-refractivity contribution in [3.05, 3.63) is 77.3 Å². The van der Waals surface area contributed by atoms with Gasteiger partial charge in [-0.25, -0.2) is 8.42 Å². The van der Waals surface area contributed by atoms with Gasteiger partial charge in [0, 0.05) is 30.9 Å². The summed E-state index contributed by atoms with van der Waals surface area (Å²) in [5.74, 6) is -0.524. The minimum Gasteiger partial charge on any atom is -0.481 e. The summed E-state index contributed by atoms with van der Waals surface area (Å²) >= 11 is 6.85. The van der Waals surface area contributed by atoms with E-state index in [0.717, 1.165) is 5.69 Å². The average Bonchev–Trinajstić information content (AvgIpc) is 3.69. The van der Waals surface area contributed by atoms with Crippen LogP contribution in [-0.4, -0.2) is 43.4 Å². The number of rotatable bonds is 6. The molecular formula is C29H31ClN2O4S. The molecule has 0 amide bonds. The molecule has 0 saturated heterocycles. The molecule has 0 spiro atoms. The summed E-state index contributed by atoms with van der Waals surface area (Å²) in [6, 6.07) is 20.2. The summed E-state index contributed by atoms with van der Waals surface area (Å²) in [5, 5.41) is 10.2. The maximum Gasteiger partial charge on any atom is 0.314 e. The molecule has 3 aromatic carbocycles. The Kier molecular flexibility index (Phi) is 6.59. The zero-order chi connectivity index (χ0) is 26.5. The van der Waals surface area contributed by atoms with E-state index in [0.29, 0.717) is 59.1 Å². The van der Waals surface area contributed by atoms with E-state index in [1.165, 1.54) is 4.31 Å². The van der Waals surface area contributed by atoms with Crippen LogP contribution in [-0.2, 0) is 20.2 Å². The number of nitrogens with zero attached hydrogens (tertiary/aromatic N) is 2. The summed E-state index contributed by atoms with van der Waals surface area (Å²) < 4.78 is 29.5. The third-order valence-electron chi connectivity index (χ3n) is 7.60. The maximum absolute atomic E-state index is 14.0. The van der Waals surface area contributed by atoms with E-state index in [4.69, 9.17) is 11.6 Å². The van der Waals surface area contributed by atoms with Crippen LogP contribution in [0.25, 0.3) is 11.1 Å². The predicted molar refractivity (Wildman–Crippen MR) is 147 cm³/mol. The Balaban J connectivity index is 1.69. The SMILES string of the molecule is CC(C)C[C@@H]1CN(c2ccccc2)c2cc(Cl)c(-c3cccc(C4(C(=O)O)CC4)c3)cc2S(=O)(=O)N1C. The molecule has 1 saturated carbocycles. The van der Waals surface area contributed by atoms with Crippen LogP contribution < -0.4 is 4.90 Å². The molecule has 1 aliphatic heterocycles. The molecule has 0 unspecified atom stereocenters. The molecule has 37 heavy (non-hydrogen) atoms. The quantitative estimate of drug-likeness (QED) is 0.398. The number of sulfonamides is 1. The number of carbonyl (C=O) groups is 1. The minimum absolute atomic E-state index is 0.189. The average molecular weight is 539 g/mol. The highest BCUT2D eigenvalue weighted by molar-refractivity contribution is 7.89. The Bertz CT molecular complexity index is 1450. The standard InChI is InChI=1S/C29H31ClN2O4S/c1-19(2)14-23-18-32(22-10-5-4-6-11-22)26-17-25(30)24(16-27(26)37(35,36)31(23)3)20-8-7-9-21(15-20)29(12-13-29)28(33)34/h4-11,15-17,19,23H,12-14,18H2,1-3H3,(H,33,34)/t23-/m1/s1. The van der Waals surface area contributed by atoms with Gasteiger partial charge in [-0.1, -0.05) is 61.8 Å². The number of fused-ring (bicyclic) bond motifs is 1. The molecule has 6 nitrogen and oxygen atoms in total. The van der Waals surface area contributed by atoms with Gasteiger partial charge in [-0.15, -0.1) is 0 Å². The van der Waals surface area contributed by atoms with Crippen LogP contribution in [0.5, 0.6) is 0 Å². The molecule has 0 aromatic heterocycles. The van der Waals surface area contributed by atoms with Crippen molar-refractivity contribution in [2.45, 2.75) is 49.5 Å². The molecule has 0 radical (unpaired) electrons. The predicted octanol–water partition coefficient (Wildman–Crippen LogP) is 6.31. The van der Waals surface area contributed by atoms with Gasteiger partial charge in [0.1, 0.15) is 4.90 Å². The molecule has 0 bridgehead atoms. The first-order chi connectivity index (χ1) is 17.5. The minimum atomic E-state index is -3.84. The van der Waals surface area contributed by atoms with Crippen LogP contribution in [0.1, 0.15) is 38.7 Å². The van der Waals surface area contributed by atoms with Crippen molar-refractivity contribution in [2.24, 2.45) is 5.92 Å². The summed E-state index contributed by atoms with van der Waals surface area (Å²) in [6.07, 6.45) is 1.89. The Morgan fingerprint density at radius 3 is 2.41 bits per heavy atom. The summed E-state index contributed by atoms with van der Waals surface area (Å²) in [4.78, 5) is 14.1. The number of aliphatic carboxylic acids is 1. The smallest absolute Gasteiger partial charge is 0.314 e. The van der Waals surface area contributed by atoms with Gasteiger partial charge in [-0.3, -0.25) is 4.79 Å². The highest BCUT2D eigenvalue weighted by Gasteiger charge is 2.51. The lowest BCUT2D eigenvalue weighted by Crippen LogP contribution is -2.41. The number of benzene rings is 3. The number of para-hydroxylation sites is 1. The van der Waals surface area contributed by atoms with Crippen molar-refractivity contribution in [3.8, 4) is 11.1 Å². The number of carboxylic acids is 1. The fourth-order valence-corrected chi connectivity index (χ4v) is 7.13. The second-order valence-electron chi connectivity index (χ2n) is 10.5. The lowest BCUT2D eigenvalue weighted by Gasteiger charge is -2.30. The summed E-state index contributed by atoms with van der Waals surface area (Å²) in [6.45, 7) is 4.69. The third kappa shape index (κ3) is 4.54. The highest BCUT2D eigenvalue weighted by Crippen LogP contribution is 2.50. The van der Waals surface area contributed by atoms with Gasteiger partial charge in [0.2, 0.25) is 10.0 Å². The van der Waals surface area contributed by atoms with E-state index in [2.05, 4.69) is 13.8 Å². The second-order valence-corrected chi connectivity index (χ2v) is 12.9. The van der Waals surface area contributed by atoms with Crippen LogP contribution in [0.3, 0.4) is 0 Å². The zero-order valence-corrected chi connectivity index (χ0v) is 22.8. The van der Waals surface area contributed by atoms with E-state index in [1.54, 1.807) is 19.2 Å². The van der Waals surface area contributed by atoms with Crippen LogP contribution >= 0.6 is 11.6 Å². The van der Waals surface area contributed by atoms with Gasteiger partial charge < -0.3 is 10.0 Å². The van der Waals surface area contributed by atoms with Crippen molar-refractivity contribution in [3.63, 3.8) is 0 Å². The molecule has 5 rings (SSSR count). The first kappa shape index (κ1) is 25.8. The number of hydrogen-bond acceptors (Lipinski definition) is 4. The molecule has 3 aromatic rings. The van der Waals surface area contributed by atoms with Gasteiger partial charge in [0.25, 0.3) is 0 Å². The van der Waals surface area contributed by atoms with Gasteiger partial charge in [0.05, 0.1) is 16.1 Å². The van der Waals surface area contributed by atoms with Crippen molar-refractivity contribution >= 4 is 39.0 Å². The van der Waals surface area contributed by atoms with Crippen LogP contribution in [0.4, 0.5) is 11.4 Å². The molecule has 1 fully saturated rings. The maximum atomic E-state index is 14.0. The molecular weight excluding hydrogens is 508 g/mol. The Hall–Kier alpha value is -2.87. The number of hydrogen-bond donors (Lipinski definition) is 1. The lowest BCUT2D eigenvalue weighted by molar-refractivity contribution is -0.140. The first-order valence-corrected chi connectivity index (χ1v) is 14.3. The molecule has 1 heterocycles. The fraction of sp³-hybridized carbons (Fsp3) is 0.345. The third-order valence-corrected chi connectivity index (χ3v) is 9.85.